The molecule has 0 N–H and O–H groups in total. The molecule has 0 saturated heterocycles. The number of rotatable bonds is 6. The van der Waals surface area contributed by atoms with Crippen molar-refractivity contribution in [2.45, 2.75) is 12.3 Å². The van der Waals surface area contributed by atoms with Gasteiger partial charge in [-0.3, -0.25) is 0 Å². The Balaban J connectivity index is 0.982. The van der Waals surface area contributed by atoms with Crippen LogP contribution in [0.1, 0.15) is 23.6 Å². The maximum absolute atomic E-state index is 6.42. The number of aromatic nitrogens is 2. The summed E-state index contributed by atoms with van der Waals surface area (Å²) in [7, 11) is 0. The number of hydrogen-bond acceptors (Lipinski definition) is 3. The Kier molecular flexibility index (Phi) is 7.61. The van der Waals surface area contributed by atoms with Crippen LogP contribution in [0.5, 0.6) is 0 Å². The van der Waals surface area contributed by atoms with E-state index in [-0.39, 0.29) is 5.41 Å². The van der Waals surface area contributed by atoms with Gasteiger partial charge in [0.2, 0.25) is 0 Å². The van der Waals surface area contributed by atoms with Crippen LogP contribution in [0.2, 0.25) is 0 Å². The van der Waals surface area contributed by atoms with Crippen LogP contribution in [0, 0.1) is 0 Å². The van der Waals surface area contributed by atoms with Crippen molar-refractivity contribution in [1.82, 2.24) is 9.97 Å². The summed E-state index contributed by atoms with van der Waals surface area (Å²) in [6, 6.07) is 71.0. The molecule has 3 nitrogen and oxygen atoms in total. The first-order valence-corrected chi connectivity index (χ1v) is 19.5. The molecule has 2 aromatic heterocycles. The van der Waals surface area contributed by atoms with E-state index in [0.717, 1.165) is 72.3 Å². The third kappa shape index (κ3) is 5.43. The molecule has 0 saturated carbocycles. The molecule has 57 heavy (non-hydrogen) atoms. The lowest BCUT2D eigenvalue weighted by Crippen LogP contribution is -2.22. The minimum Gasteiger partial charge on any atom is -0.455 e. The number of benzene rings is 8. The van der Waals surface area contributed by atoms with Crippen molar-refractivity contribution in [3.05, 3.63) is 217 Å². The molecular formula is C54H36N2O. The Morgan fingerprint density at radius 1 is 0.386 bits per heavy atom. The van der Waals surface area contributed by atoms with Crippen LogP contribution in [0.25, 0.3) is 89.2 Å². The maximum Gasteiger partial charge on any atom is 0.160 e. The first-order valence-electron chi connectivity index (χ1n) is 19.5. The molecule has 0 bridgehead atoms. The molecule has 10 aromatic rings. The topological polar surface area (TPSA) is 38.9 Å². The average molecular weight is 729 g/mol. The van der Waals surface area contributed by atoms with Crippen LogP contribution >= 0.6 is 0 Å². The van der Waals surface area contributed by atoms with Gasteiger partial charge in [-0.05, 0) is 75.7 Å². The molecule has 3 heteroatoms. The van der Waals surface area contributed by atoms with E-state index in [1.807, 2.05) is 30.3 Å². The Labute approximate surface area is 331 Å². The van der Waals surface area contributed by atoms with Gasteiger partial charge in [-0.1, -0.05) is 176 Å². The van der Waals surface area contributed by atoms with Crippen molar-refractivity contribution in [2.75, 3.05) is 0 Å². The van der Waals surface area contributed by atoms with Crippen molar-refractivity contribution in [2.24, 2.45) is 0 Å². The highest BCUT2D eigenvalue weighted by Crippen LogP contribution is 2.52. The number of nitrogens with zero attached hydrogens (tertiary/aromatic N) is 2. The third-order valence-corrected chi connectivity index (χ3v) is 11.8. The number of hydrogen-bond donors (Lipinski definition) is 0. The van der Waals surface area contributed by atoms with Crippen molar-refractivity contribution in [3.63, 3.8) is 0 Å². The molecule has 1 aliphatic carbocycles. The predicted octanol–water partition coefficient (Wildman–Crippen LogP) is 14.0. The number of fused-ring (bicyclic) bond motifs is 6. The molecular weight excluding hydrogens is 693 g/mol. The summed E-state index contributed by atoms with van der Waals surface area (Å²) < 4.78 is 6.42. The van der Waals surface area contributed by atoms with Crippen LogP contribution < -0.4 is 0 Å². The Hall–Kier alpha value is -7.36. The van der Waals surface area contributed by atoms with Crippen molar-refractivity contribution >= 4 is 21.9 Å². The average Bonchev–Trinajstić information content (AvgIpc) is 3.80. The molecule has 1 aliphatic rings. The Bertz CT molecular complexity index is 3090. The smallest absolute Gasteiger partial charge is 0.160 e. The maximum atomic E-state index is 6.42. The summed E-state index contributed by atoms with van der Waals surface area (Å²) in [5.74, 6) is 0.688. The van der Waals surface area contributed by atoms with E-state index in [1.54, 1.807) is 0 Å². The Morgan fingerprint density at radius 3 is 1.63 bits per heavy atom. The fraction of sp³-hybridized carbons (Fsp3) is 0.0370. The van der Waals surface area contributed by atoms with E-state index in [4.69, 9.17) is 14.4 Å². The van der Waals surface area contributed by atoms with Gasteiger partial charge in [0, 0.05) is 38.4 Å². The van der Waals surface area contributed by atoms with E-state index in [9.17, 15) is 0 Å². The fourth-order valence-electron chi connectivity index (χ4n) is 8.90. The zero-order chi connectivity index (χ0) is 37.9. The highest BCUT2D eigenvalue weighted by Gasteiger charge is 2.40. The molecule has 0 radical (unpaired) electrons. The molecule has 0 atom stereocenters. The van der Waals surface area contributed by atoms with Crippen LogP contribution in [0.15, 0.2) is 205 Å². The van der Waals surface area contributed by atoms with Gasteiger partial charge in [-0.15, -0.1) is 0 Å². The van der Waals surface area contributed by atoms with Crippen molar-refractivity contribution in [1.29, 1.82) is 0 Å². The summed E-state index contributed by atoms with van der Waals surface area (Å²) in [4.78, 5) is 10.3. The first kappa shape index (κ1) is 33.0. The standard InChI is InChI=1S/C54H36N2O/c1-54(47-25-8-5-20-43(47)44-21-6-9-26-48(44)54)41-30-28-35(29-31-41)37-16-11-18-39(32-37)49-34-50(56-53(55-49)36-14-3-2-4-15-36)40-19-12-17-38(33-40)42-23-13-24-46-45-22-7-10-27-51(45)57-52(42)46/h2-34H,1H3. The summed E-state index contributed by atoms with van der Waals surface area (Å²) in [5, 5.41) is 2.23. The zero-order valence-electron chi connectivity index (χ0n) is 31.4. The third-order valence-electron chi connectivity index (χ3n) is 11.8. The van der Waals surface area contributed by atoms with Gasteiger partial charge in [0.05, 0.1) is 11.4 Å². The van der Waals surface area contributed by atoms with Gasteiger partial charge in [-0.2, -0.15) is 0 Å². The quantitative estimate of drug-likeness (QED) is 0.171. The second-order valence-electron chi connectivity index (χ2n) is 15.1. The molecule has 11 rings (SSSR count). The molecule has 0 fully saturated rings. The van der Waals surface area contributed by atoms with E-state index < -0.39 is 0 Å². The van der Waals surface area contributed by atoms with Crippen LogP contribution in [-0.4, -0.2) is 9.97 Å². The van der Waals surface area contributed by atoms with Gasteiger partial charge in [0.15, 0.2) is 5.82 Å². The SMILES string of the molecule is CC1(c2ccc(-c3cccc(-c4cc(-c5cccc(-c6cccc7c6oc6ccccc67)c5)nc(-c5ccccc5)n4)c3)cc2)c2ccccc2-c2ccccc21. The van der Waals surface area contributed by atoms with E-state index in [1.165, 1.54) is 27.8 Å². The second-order valence-corrected chi connectivity index (χ2v) is 15.1. The van der Waals surface area contributed by atoms with Crippen molar-refractivity contribution < 1.29 is 4.42 Å². The lowest BCUT2D eigenvalue weighted by molar-refractivity contribution is 0.670. The zero-order valence-corrected chi connectivity index (χ0v) is 31.4. The van der Waals surface area contributed by atoms with Gasteiger partial charge < -0.3 is 4.42 Å². The molecule has 0 amide bonds. The normalized spacial score (nSPS) is 12.8. The molecule has 0 aliphatic heterocycles. The number of furan rings is 1. The lowest BCUT2D eigenvalue weighted by atomic mass is 9.74. The van der Waals surface area contributed by atoms with Gasteiger partial charge in [0.1, 0.15) is 11.2 Å². The Morgan fingerprint density at radius 2 is 0.912 bits per heavy atom. The highest BCUT2D eigenvalue weighted by molar-refractivity contribution is 6.09. The minimum absolute atomic E-state index is 0.228. The van der Waals surface area contributed by atoms with Gasteiger partial charge in [-0.25, -0.2) is 9.97 Å². The lowest BCUT2D eigenvalue weighted by Gasteiger charge is -2.28. The molecule has 8 aromatic carbocycles. The monoisotopic (exact) mass is 728 g/mol. The van der Waals surface area contributed by atoms with E-state index in [2.05, 4.69) is 177 Å². The first-order chi connectivity index (χ1) is 28.1. The molecule has 2 heterocycles. The second kappa shape index (κ2) is 13.1. The highest BCUT2D eigenvalue weighted by atomic mass is 16.3. The summed E-state index contributed by atoms with van der Waals surface area (Å²) in [6.45, 7) is 2.36. The van der Waals surface area contributed by atoms with Crippen LogP contribution in [-0.2, 0) is 5.41 Å². The minimum atomic E-state index is -0.228. The van der Waals surface area contributed by atoms with Crippen LogP contribution in [0.4, 0.5) is 0 Å². The number of para-hydroxylation sites is 2. The van der Waals surface area contributed by atoms with E-state index in [0.29, 0.717) is 5.82 Å². The van der Waals surface area contributed by atoms with Gasteiger partial charge in [0.25, 0.3) is 0 Å². The van der Waals surface area contributed by atoms with Crippen LogP contribution in [0.3, 0.4) is 0 Å². The predicted molar refractivity (Wildman–Crippen MR) is 234 cm³/mol. The molecule has 0 unspecified atom stereocenters. The summed E-state index contributed by atoms with van der Waals surface area (Å²) >= 11 is 0. The molecule has 0 spiro atoms. The fourth-order valence-corrected chi connectivity index (χ4v) is 8.90. The molecule has 268 valence electrons. The summed E-state index contributed by atoms with van der Waals surface area (Å²) in [5.41, 5.74) is 17.4. The van der Waals surface area contributed by atoms with Gasteiger partial charge >= 0.3 is 0 Å². The van der Waals surface area contributed by atoms with Crippen molar-refractivity contribution in [3.8, 4) is 67.3 Å². The largest absolute Gasteiger partial charge is 0.455 e. The summed E-state index contributed by atoms with van der Waals surface area (Å²) in [6.07, 6.45) is 0. The van der Waals surface area contributed by atoms with E-state index >= 15 is 0 Å².